The number of nitro benzene ring substituents is 1. The fraction of sp³-hybridized carbons (Fsp3) is 0.0526. The van der Waals surface area contributed by atoms with E-state index in [4.69, 9.17) is 0 Å². The number of hydrogen-bond donors (Lipinski definition) is 0. The summed E-state index contributed by atoms with van der Waals surface area (Å²) in [5.41, 5.74) is 0.491. The van der Waals surface area contributed by atoms with Crippen LogP contribution in [0.2, 0.25) is 0 Å². The first-order chi connectivity index (χ1) is 14.2. The molecule has 1 saturated heterocycles. The van der Waals surface area contributed by atoms with E-state index in [0.29, 0.717) is 5.56 Å². The molecule has 11 heteroatoms. The Morgan fingerprint density at radius 3 is 2.37 bits per heavy atom. The highest BCUT2D eigenvalue weighted by Crippen LogP contribution is 2.34. The maximum Gasteiger partial charge on any atom is 0.284 e. The zero-order chi connectivity index (χ0) is 21.9. The second kappa shape index (κ2) is 8.94. The van der Waals surface area contributed by atoms with Crippen LogP contribution in [-0.4, -0.2) is 35.9 Å². The minimum absolute atomic E-state index is 0.00222. The Labute approximate surface area is 185 Å². The van der Waals surface area contributed by atoms with Crippen molar-refractivity contribution in [2.75, 3.05) is 6.54 Å². The van der Waals surface area contributed by atoms with Gasteiger partial charge < -0.3 is 0 Å². The summed E-state index contributed by atoms with van der Waals surface area (Å²) in [4.78, 5) is 24.5. The number of carbonyl (C=O) groups excluding carboxylic acids is 1. The summed E-state index contributed by atoms with van der Waals surface area (Å²) >= 11 is 4.16. The normalized spacial score (nSPS) is 17.0. The van der Waals surface area contributed by atoms with Crippen molar-refractivity contribution in [2.45, 2.75) is 4.90 Å². The van der Waals surface area contributed by atoms with Crippen LogP contribution in [0.1, 0.15) is 5.56 Å². The number of amidine groups is 1. The first-order valence-corrected chi connectivity index (χ1v) is 11.4. The summed E-state index contributed by atoms with van der Waals surface area (Å²) in [5, 5.41) is 10.8. The van der Waals surface area contributed by atoms with Crippen molar-refractivity contribution >= 4 is 60.6 Å². The van der Waals surface area contributed by atoms with Gasteiger partial charge in [0.25, 0.3) is 21.6 Å². The maximum atomic E-state index is 12.8. The molecule has 8 nitrogen and oxygen atoms in total. The van der Waals surface area contributed by atoms with Gasteiger partial charge in [-0.2, -0.15) is 8.42 Å². The van der Waals surface area contributed by atoms with Gasteiger partial charge in [-0.3, -0.25) is 19.8 Å². The van der Waals surface area contributed by atoms with Gasteiger partial charge in [0, 0.05) is 23.2 Å². The summed E-state index contributed by atoms with van der Waals surface area (Å²) in [6.07, 6.45) is 3.00. The summed E-state index contributed by atoms with van der Waals surface area (Å²) < 4.78 is 29.9. The second-order valence-electron chi connectivity index (χ2n) is 5.97. The van der Waals surface area contributed by atoms with Crippen molar-refractivity contribution in [3.05, 3.63) is 86.2 Å². The molecule has 0 bridgehead atoms. The van der Waals surface area contributed by atoms with Crippen LogP contribution < -0.4 is 0 Å². The molecule has 2 aromatic carbocycles. The molecular formula is C19H14BrN3O5S2. The van der Waals surface area contributed by atoms with Crippen LogP contribution in [0.3, 0.4) is 0 Å². The number of halogens is 1. The van der Waals surface area contributed by atoms with Crippen molar-refractivity contribution in [2.24, 2.45) is 4.40 Å². The van der Waals surface area contributed by atoms with Gasteiger partial charge in [0.2, 0.25) is 0 Å². The highest BCUT2D eigenvalue weighted by atomic mass is 79.9. The van der Waals surface area contributed by atoms with Gasteiger partial charge in [-0.25, -0.2) is 0 Å². The zero-order valence-corrected chi connectivity index (χ0v) is 18.5. The number of amides is 1. The number of nitrogens with zero attached hydrogens (tertiary/aromatic N) is 3. The van der Waals surface area contributed by atoms with E-state index in [2.05, 4.69) is 26.9 Å². The molecule has 30 heavy (non-hydrogen) atoms. The van der Waals surface area contributed by atoms with E-state index in [-0.39, 0.29) is 27.2 Å². The van der Waals surface area contributed by atoms with E-state index in [1.54, 1.807) is 12.1 Å². The molecule has 2 aromatic rings. The number of thioether (sulfide) groups is 1. The molecule has 0 unspecified atom stereocenters. The molecule has 1 aliphatic heterocycles. The summed E-state index contributed by atoms with van der Waals surface area (Å²) in [5.74, 6) is -0.428. The summed E-state index contributed by atoms with van der Waals surface area (Å²) in [6, 6.07) is 11.7. The number of non-ortho nitro benzene ring substituents is 1. The molecule has 0 spiro atoms. The largest absolute Gasteiger partial charge is 0.284 e. The fourth-order valence-corrected chi connectivity index (χ4v) is 4.93. The quantitative estimate of drug-likeness (QED) is 0.250. The lowest BCUT2D eigenvalue weighted by atomic mass is 10.2. The lowest BCUT2D eigenvalue weighted by molar-refractivity contribution is -0.384. The first-order valence-electron chi connectivity index (χ1n) is 8.38. The SMILES string of the molecule is C=CCN1C(=O)C(=Cc2ccc([N+](=O)[O-])cc2)SC1=NS(=O)(=O)c1ccc(Br)cc1. The third-order valence-electron chi connectivity index (χ3n) is 3.91. The number of hydrogen-bond acceptors (Lipinski definition) is 6. The molecule has 1 heterocycles. The molecule has 1 aliphatic rings. The Morgan fingerprint density at radius 1 is 1.17 bits per heavy atom. The molecule has 1 fully saturated rings. The van der Waals surface area contributed by atoms with Crippen molar-refractivity contribution in [3.8, 4) is 0 Å². The standard InChI is InChI=1S/C19H14BrN3O5S2/c1-2-11-22-18(24)17(12-13-3-7-15(8-4-13)23(25)26)29-19(22)21-30(27,28)16-9-5-14(20)6-10-16/h2-10,12H,1,11H2. The van der Waals surface area contributed by atoms with E-state index >= 15 is 0 Å². The molecule has 0 aromatic heterocycles. The smallest absolute Gasteiger partial charge is 0.282 e. The lowest BCUT2D eigenvalue weighted by Crippen LogP contribution is -2.29. The molecule has 0 radical (unpaired) electrons. The average Bonchev–Trinajstić information content (AvgIpc) is 2.97. The van der Waals surface area contributed by atoms with Gasteiger partial charge in [0.15, 0.2) is 5.17 Å². The summed E-state index contributed by atoms with van der Waals surface area (Å²) in [7, 11) is -4.03. The van der Waals surface area contributed by atoms with Crippen LogP contribution in [0.15, 0.2) is 79.9 Å². The Morgan fingerprint density at radius 2 is 1.80 bits per heavy atom. The third-order valence-corrected chi connectivity index (χ3v) is 6.84. The highest BCUT2D eigenvalue weighted by Gasteiger charge is 2.34. The van der Waals surface area contributed by atoms with Crippen LogP contribution in [0, 0.1) is 10.1 Å². The maximum absolute atomic E-state index is 12.8. The topological polar surface area (TPSA) is 110 Å². The fourth-order valence-electron chi connectivity index (χ4n) is 2.47. The molecule has 0 N–H and O–H groups in total. The third kappa shape index (κ3) is 4.86. The van der Waals surface area contributed by atoms with Gasteiger partial charge in [0.1, 0.15) is 0 Å². The second-order valence-corrected chi connectivity index (χ2v) is 9.50. The van der Waals surface area contributed by atoms with E-state index in [1.807, 2.05) is 0 Å². The van der Waals surface area contributed by atoms with E-state index in [1.165, 1.54) is 53.5 Å². The molecule has 0 aliphatic carbocycles. The van der Waals surface area contributed by atoms with Gasteiger partial charge in [-0.15, -0.1) is 11.0 Å². The van der Waals surface area contributed by atoms with Gasteiger partial charge in [0.05, 0.1) is 14.7 Å². The predicted molar refractivity (Wildman–Crippen MR) is 119 cm³/mol. The Kier molecular flexibility index (Phi) is 6.54. The minimum atomic E-state index is -4.03. The Bertz CT molecular complexity index is 1170. The minimum Gasteiger partial charge on any atom is -0.282 e. The highest BCUT2D eigenvalue weighted by molar-refractivity contribution is 9.10. The molecule has 154 valence electrons. The zero-order valence-electron chi connectivity index (χ0n) is 15.3. The van der Waals surface area contributed by atoms with Gasteiger partial charge >= 0.3 is 0 Å². The number of sulfonamides is 1. The predicted octanol–water partition coefficient (Wildman–Crippen LogP) is 4.20. The number of carbonyl (C=O) groups is 1. The summed E-state index contributed by atoms with van der Waals surface area (Å²) in [6.45, 7) is 3.68. The van der Waals surface area contributed by atoms with Crippen molar-refractivity contribution in [3.63, 3.8) is 0 Å². The van der Waals surface area contributed by atoms with Crippen LogP contribution in [0.25, 0.3) is 6.08 Å². The van der Waals surface area contributed by atoms with Gasteiger partial charge in [-0.1, -0.05) is 22.0 Å². The molecular weight excluding hydrogens is 494 g/mol. The van der Waals surface area contributed by atoms with Crippen LogP contribution >= 0.6 is 27.7 Å². The molecule has 3 rings (SSSR count). The molecule has 0 atom stereocenters. The number of nitro groups is 1. The van der Waals surface area contributed by atoms with Crippen LogP contribution in [0.5, 0.6) is 0 Å². The van der Waals surface area contributed by atoms with E-state index in [0.717, 1.165) is 16.2 Å². The van der Waals surface area contributed by atoms with E-state index in [9.17, 15) is 23.3 Å². The molecule has 0 saturated carbocycles. The number of benzene rings is 2. The first kappa shape index (κ1) is 21.9. The molecule has 1 amide bonds. The monoisotopic (exact) mass is 507 g/mol. The number of rotatable bonds is 6. The van der Waals surface area contributed by atoms with Crippen molar-refractivity contribution in [1.29, 1.82) is 0 Å². The van der Waals surface area contributed by atoms with Gasteiger partial charge in [-0.05, 0) is 59.8 Å². The van der Waals surface area contributed by atoms with Crippen LogP contribution in [0.4, 0.5) is 5.69 Å². The Balaban J connectivity index is 1.96. The lowest BCUT2D eigenvalue weighted by Gasteiger charge is -2.12. The van der Waals surface area contributed by atoms with Crippen molar-refractivity contribution < 1.29 is 18.1 Å². The average molecular weight is 508 g/mol. The van der Waals surface area contributed by atoms with Crippen LogP contribution in [-0.2, 0) is 14.8 Å². The van der Waals surface area contributed by atoms with Crippen molar-refractivity contribution in [1.82, 2.24) is 4.90 Å². The van der Waals surface area contributed by atoms with E-state index < -0.39 is 20.9 Å². The Hall–Kier alpha value is -2.76.